The number of unbranched alkanes of at least 4 members (excludes halogenated alkanes) is 2. The number of ether oxygens (including phenoxy) is 1. The molecule has 2 heterocycles. The Morgan fingerprint density at radius 2 is 2.12 bits per heavy atom. The summed E-state index contributed by atoms with van der Waals surface area (Å²) in [6.45, 7) is 3.11. The molecule has 1 aliphatic heterocycles. The number of rotatable bonds is 7. The zero-order valence-corrected chi connectivity index (χ0v) is 15.8. The molecule has 0 bridgehead atoms. The first-order valence-electron chi connectivity index (χ1n) is 9.12. The summed E-state index contributed by atoms with van der Waals surface area (Å²) < 4.78 is 19.2. The van der Waals surface area contributed by atoms with Crippen LogP contribution in [-0.2, 0) is 21.4 Å². The molecule has 0 spiro atoms. The molecule has 1 aliphatic rings. The lowest BCUT2D eigenvalue weighted by molar-refractivity contribution is -0.125. The first kappa shape index (κ1) is 18.9. The number of anilines is 1. The topological polar surface area (TPSA) is 64.1 Å². The minimum atomic E-state index is -0.797. The van der Waals surface area contributed by atoms with Crippen molar-refractivity contribution in [2.24, 2.45) is 0 Å². The van der Waals surface area contributed by atoms with Crippen LogP contribution < -0.4 is 5.32 Å². The Labute approximate surface area is 157 Å². The van der Waals surface area contributed by atoms with Crippen LogP contribution in [-0.4, -0.2) is 29.3 Å². The number of carbonyl (C=O) groups excluding carboxylic acids is 1. The van der Waals surface area contributed by atoms with Gasteiger partial charge in [-0.2, -0.15) is 0 Å². The number of nitrogens with zero attached hydrogens (tertiary/aromatic N) is 2. The van der Waals surface area contributed by atoms with Gasteiger partial charge in [-0.1, -0.05) is 43.2 Å². The largest absolute Gasteiger partial charge is 0.381 e. The summed E-state index contributed by atoms with van der Waals surface area (Å²) in [7, 11) is 0. The molecule has 1 aromatic carbocycles. The quantitative estimate of drug-likeness (QED) is 0.738. The Hall–Kier alpha value is -1.86. The van der Waals surface area contributed by atoms with Crippen molar-refractivity contribution in [2.75, 3.05) is 18.5 Å². The van der Waals surface area contributed by atoms with Gasteiger partial charge in [0.2, 0.25) is 11.0 Å². The van der Waals surface area contributed by atoms with E-state index in [2.05, 4.69) is 22.4 Å². The lowest BCUT2D eigenvalue weighted by Gasteiger charge is -2.35. The van der Waals surface area contributed by atoms with E-state index in [0.717, 1.165) is 30.7 Å². The molecule has 1 fully saturated rings. The number of aromatic nitrogens is 2. The summed E-state index contributed by atoms with van der Waals surface area (Å²) in [6, 6.07) is 6.29. The van der Waals surface area contributed by atoms with Crippen LogP contribution in [0.15, 0.2) is 24.3 Å². The van der Waals surface area contributed by atoms with Crippen LogP contribution >= 0.6 is 11.3 Å². The van der Waals surface area contributed by atoms with Gasteiger partial charge in [-0.15, -0.1) is 10.2 Å². The standard InChI is InChI=1S/C19H24FN3O2S/c1-2-3-4-8-16-22-23-18(26-16)21-17(24)19(9-11-25-12-10-19)14-6-5-7-15(20)13-14/h5-7,13H,2-4,8-12H2,1H3,(H,21,23,24). The van der Waals surface area contributed by atoms with E-state index in [-0.39, 0.29) is 11.7 Å². The third-order valence-corrected chi connectivity index (χ3v) is 5.74. The molecule has 1 saturated heterocycles. The van der Waals surface area contributed by atoms with Crippen molar-refractivity contribution in [3.63, 3.8) is 0 Å². The Bertz CT molecular complexity index is 744. The molecule has 3 rings (SSSR count). The van der Waals surface area contributed by atoms with Gasteiger partial charge in [0.05, 0.1) is 5.41 Å². The van der Waals surface area contributed by atoms with Crippen molar-refractivity contribution in [1.82, 2.24) is 10.2 Å². The fourth-order valence-corrected chi connectivity index (χ4v) is 4.08. The summed E-state index contributed by atoms with van der Waals surface area (Å²) in [5.41, 5.74) is -0.111. The molecule has 1 amide bonds. The molecular weight excluding hydrogens is 353 g/mol. The van der Waals surface area contributed by atoms with Crippen LogP contribution in [0.5, 0.6) is 0 Å². The van der Waals surface area contributed by atoms with Crippen LogP contribution in [0.4, 0.5) is 9.52 Å². The second-order valence-corrected chi connectivity index (χ2v) is 7.68. The first-order valence-corrected chi connectivity index (χ1v) is 9.93. The second kappa shape index (κ2) is 8.68. The van der Waals surface area contributed by atoms with Gasteiger partial charge in [-0.05, 0) is 37.0 Å². The van der Waals surface area contributed by atoms with Crippen molar-refractivity contribution in [3.8, 4) is 0 Å². The first-order chi connectivity index (χ1) is 12.6. The van der Waals surface area contributed by atoms with Gasteiger partial charge >= 0.3 is 0 Å². The minimum absolute atomic E-state index is 0.164. The average Bonchev–Trinajstić information content (AvgIpc) is 3.10. The van der Waals surface area contributed by atoms with Crippen molar-refractivity contribution < 1.29 is 13.9 Å². The zero-order chi connectivity index (χ0) is 18.4. The average molecular weight is 377 g/mol. The van der Waals surface area contributed by atoms with E-state index in [4.69, 9.17) is 4.74 Å². The smallest absolute Gasteiger partial charge is 0.237 e. The minimum Gasteiger partial charge on any atom is -0.381 e. The number of hydrogen-bond donors (Lipinski definition) is 1. The SMILES string of the molecule is CCCCCc1nnc(NC(=O)C2(c3cccc(F)c3)CCOCC2)s1. The predicted octanol–water partition coefficient (Wildman–Crippen LogP) is 4.10. The van der Waals surface area contributed by atoms with Gasteiger partial charge < -0.3 is 4.74 Å². The summed E-state index contributed by atoms with van der Waals surface area (Å²) in [5, 5.41) is 12.6. The lowest BCUT2D eigenvalue weighted by Crippen LogP contribution is -2.44. The molecule has 0 aliphatic carbocycles. The van der Waals surface area contributed by atoms with Crippen molar-refractivity contribution in [2.45, 2.75) is 50.9 Å². The number of carbonyl (C=O) groups is 1. The number of hydrogen-bond acceptors (Lipinski definition) is 5. The third-order valence-electron chi connectivity index (χ3n) is 4.84. The zero-order valence-electron chi connectivity index (χ0n) is 15.0. The molecular formula is C19H24FN3O2S. The maximum atomic E-state index is 13.8. The molecule has 1 N–H and O–H groups in total. The van der Waals surface area contributed by atoms with Gasteiger partial charge in [-0.25, -0.2) is 4.39 Å². The highest BCUT2D eigenvalue weighted by atomic mass is 32.1. The highest BCUT2D eigenvalue weighted by Crippen LogP contribution is 2.36. The number of benzene rings is 1. The normalized spacial score (nSPS) is 16.4. The Morgan fingerprint density at radius 3 is 2.85 bits per heavy atom. The van der Waals surface area contributed by atoms with E-state index in [1.54, 1.807) is 6.07 Å². The number of halogens is 1. The lowest BCUT2D eigenvalue weighted by atomic mass is 9.73. The summed E-state index contributed by atoms with van der Waals surface area (Å²) >= 11 is 1.41. The van der Waals surface area contributed by atoms with E-state index in [0.29, 0.717) is 36.8 Å². The molecule has 26 heavy (non-hydrogen) atoms. The summed E-state index contributed by atoms with van der Waals surface area (Å²) in [6.07, 6.45) is 5.30. The highest BCUT2D eigenvalue weighted by molar-refractivity contribution is 7.15. The maximum absolute atomic E-state index is 13.8. The van der Waals surface area contributed by atoms with Crippen molar-refractivity contribution in [1.29, 1.82) is 0 Å². The summed E-state index contributed by atoms with van der Waals surface area (Å²) in [4.78, 5) is 13.1. The molecule has 0 radical (unpaired) electrons. The highest BCUT2D eigenvalue weighted by Gasteiger charge is 2.42. The molecule has 2 aromatic rings. The fourth-order valence-electron chi connectivity index (χ4n) is 3.30. The van der Waals surface area contributed by atoms with Gasteiger partial charge in [0, 0.05) is 19.6 Å². The van der Waals surface area contributed by atoms with E-state index >= 15 is 0 Å². The summed E-state index contributed by atoms with van der Waals surface area (Å²) in [5.74, 6) is -0.502. The molecule has 7 heteroatoms. The van der Waals surface area contributed by atoms with Gasteiger partial charge in [0.1, 0.15) is 10.8 Å². The van der Waals surface area contributed by atoms with E-state index in [1.165, 1.54) is 23.5 Å². The van der Waals surface area contributed by atoms with Crippen LogP contribution in [0.1, 0.15) is 49.6 Å². The van der Waals surface area contributed by atoms with Gasteiger partial charge in [0.25, 0.3) is 0 Å². The number of aryl methyl sites for hydroxylation is 1. The Kier molecular flexibility index (Phi) is 6.32. The molecule has 0 atom stereocenters. The van der Waals surface area contributed by atoms with Gasteiger partial charge in [0.15, 0.2) is 0 Å². The molecule has 5 nitrogen and oxygen atoms in total. The monoisotopic (exact) mass is 377 g/mol. The van der Waals surface area contributed by atoms with Crippen LogP contribution in [0.2, 0.25) is 0 Å². The fraction of sp³-hybridized carbons (Fsp3) is 0.526. The van der Waals surface area contributed by atoms with Gasteiger partial charge in [-0.3, -0.25) is 10.1 Å². The molecule has 140 valence electrons. The van der Waals surface area contributed by atoms with Crippen molar-refractivity contribution in [3.05, 3.63) is 40.7 Å². The number of nitrogens with one attached hydrogen (secondary N) is 1. The van der Waals surface area contributed by atoms with Crippen LogP contribution in [0.25, 0.3) is 0 Å². The van der Waals surface area contributed by atoms with E-state index < -0.39 is 5.41 Å². The molecule has 0 unspecified atom stereocenters. The Morgan fingerprint density at radius 1 is 1.31 bits per heavy atom. The van der Waals surface area contributed by atoms with Crippen LogP contribution in [0, 0.1) is 5.82 Å². The predicted molar refractivity (Wildman–Crippen MR) is 99.9 cm³/mol. The number of amides is 1. The molecule has 1 aromatic heterocycles. The van der Waals surface area contributed by atoms with Crippen LogP contribution in [0.3, 0.4) is 0 Å². The maximum Gasteiger partial charge on any atom is 0.237 e. The Balaban J connectivity index is 1.76. The van der Waals surface area contributed by atoms with Crippen molar-refractivity contribution >= 4 is 22.4 Å². The van der Waals surface area contributed by atoms with E-state index in [9.17, 15) is 9.18 Å². The van der Waals surface area contributed by atoms with E-state index in [1.807, 2.05) is 6.07 Å². The molecule has 0 saturated carbocycles. The second-order valence-electron chi connectivity index (χ2n) is 6.62. The third kappa shape index (κ3) is 4.27.